The number of fused-ring (bicyclic) bond motifs is 1. The van der Waals surface area contributed by atoms with E-state index in [2.05, 4.69) is 18.2 Å². The summed E-state index contributed by atoms with van der Waals surface area (Å²) in [5, 5.41) is 9.31. The molecule has 1 aliphatic carbocycles. The van der Waals surface area contributed by atoms with Crippen LogP contribution in [0.4, 0.5) is 0 Å². The molecule has 0 spiro atoms. The Labute approximate surface area is 122 Å². The van der Waals surface area contributed by atoms with Gasteiger partial charge in [-0.2, -0.15) is 0 Å². The van der Waals surface area contributed by atoms with Crippen LogP contribution in [0, 0.1) is 6.92 Å². The van der Waals surface area contributed by atoms with Crippen molar-refractivity contribution in [3.8, 4) is 0 Å². The SMILES string of the molecule is Cc1cccc(C(=O)O)c1Sc1ccc2c(c1)CCC2. The molecule has 0 amide bonds. The second-order valence-electron chi connectivity index (χ2n) is 5.14. The van der Waals surface area contributed by atoms with E-state index in [1.54, 1.807) is 23.9 Å². The zero-order valence-corrected chi connectivity index (χ0v) is 12.2. The second kappa shape index (κ2) is 5.33. The van der Waals surface area contributed by atoms with E-state index in [0.29, 0.717) is 5.56 Å². The van der Waals surface area contributed by atoms with E-state index in [1.165, 1.54) is 24.0 Å². The highest BCUT2D eigenvalue weighted by atomic mass is 32.2. The minimum absolute atomic E-state index is 0.385. The van der Waals surface area contributed by atoms with Gasteiger partial charge in [0.25, 0.3) is 0 Å². The molecule has 2 aromatic rings. The molecule has 3 rings (SSSR count). The number of benzene rings is 2. The van der Waals surface area contributed by atoms with Crippen molar-refractivity contribution in [1.29, 1.82) is 0 Å². The van der Waals surface area contributed by atoms with E-state index in [0.717, 1.165) is 21.8 Å². The predicted molar refractivity (Wildman–Crippen MR) is 80.7 cm³/mol. The number of carbonyl (C=O) groups is 1. The third kappa shape index (κ3) is 2.46. The summed E-state index contributed by atoms with van der Waals surface area (Å²) in [6, 6.07) is 11.9. The van der Waals surface area contributed by atoms with Gasteiger partial charge in [0.05, 0.1) is 5.56 Å². The van der Waals surface area contributed by atoms with Crippen LogP contribution in [0.5, 0.6) is 0 Å². The smallest absolute Gasteiger partial charge is 0.336 e. The van der Waals surface area contributed by atoms with Gasteiger partial charge in [-0.15, -0.1) is 0 Å². The molecule has 1 N–H and O–H groups in total. The Kier molecular flexibility index (Phi) is 3.53. The molecule has 3 heteroatoms. The second-order valence-corrected chi connectivity index (χ2v) is 6.23. The van der Waals surface area contributed by atoms with E-state index >= 15 is 0 Å². The number of aromatic carboxylic acids is 1. The largest absolute Gasteiger partial charge is 0.478 e. The lowest BCUT2D eigenvalue weighted by molar-refractivity contribution is 0.0693. The fraction of sp³-hybridized carbons (Fsp3) is 0.235. The Morgan fingerprint density at radius 2 is 1.95 bits per heavy atom. The predicted octanol–water partition coefficient (Wildman–Crippen LogP) is 4.33. The number of hydrogen-bond acceptors (Lipinski definition) is 2. The summed E-state index contributed by atoms with van der Waals surface area (Å²) in [5.74, 6) is -0.864. The first-order valence-corrected chi connectivity index (χ1v) is 7.59. The fourth-order valence-electron chi connectivity index (χ4n) is 2.69. The lowest BCUT2D eigenvalue weighted by Gasteiger charge is -2.10. The molecular weight excluding hydrogens is 268 g/mol. The summed E-state index contributed by atoms with van der Waals surface area (Å²) >= 11 is 1.55. The molecule has 0 unspecified atom stereocenters. The molecule has 0 aliphatic heterocycles. The van der Waals surface area contributed by atoms with Gasteiger partial charge in [0.2, 0.25) is 0 Å². The molecule has 2 aromatic carbocycles. The molecular formula is C17H16O2S. The highest BCUT2D eigenvalue weighted by molar-refractivity contribution is 7.99. The molecule has 2 nitrogen and oxygen atoms in total. The Morgan fingerprint density at radius 3 is 2.75 bits per heavy atom. The van der Waals surface area contributed by atoms with Crippen molar-refractivity contribution in [2.24, 2.45) is 0 Å². The molecule has 0 radical (unpaired) electrons. The third-order valence-electron chi connectivity index (χ3n) is 3.73. The molecule has 0 heterocycles. The third-order valence-corrected chi connectivity index (χ3v) is 4.97. The summed E-state index contributed by atoms with van der Waals surface area (Å²) in [6.45, 7) is 1.96. The average Bonchev–Trinajstić information content (AvgIpc) is 2.88. The van der Waals surface area contributed by atoms with Crippen molar-refractivity contribution in [3.05, 3.63) is 58.7 Å². The van der Waals surface area contributed by atoms with Gasteiger partial charge < -0.3 is 5.11 Å². The lowest BCUT2D eigenvalue weighted by atomic mass is 10.1. The van der Waals surface area contributed by atoms with Crippen LogP contribution in [0.3, 0.4) is 0 Å². The normalized spacial score (nSPS) is 13.2. The van der Waals surface area contributed by atoms with Crippen molar-refractivity contribution in [2.45, 2.75) is 36.0 Å². The first-order valence-electron chi connectivity index (χ1n) is 6.78. The highest BCUT2D eigenvalue weighted by Gasteiger charge is 2.15. The molecule has 0 fully saturated rings. The number of aryl methyl sites for hydroxylation is 3. The van der Waals surface area contributed by atoms with Crippen LogP contribution in [-0.2, 0) is 12.8 Å². The Balaban J connectivity index is 1.97. The average molecular weight is 284 g/mol. The first kappa shape index (κ1) is 13.3. The van der Waals surface area contributed by atoms with E-state index in [4.69, 9.17) is 0 Å². The van der Waals surface area contributed by atoms with Gasteiger partial charge in [-0.05, 0) is 61.1 Å². The van der Waals surface area contributed by atoms with Crippen LogP contribution in [0.1, 0.15) is 33.5 Å². The summed E-state index contributed by atoms with van der Waals surface area (Å²) in [4.78, 5) is 13.3. The molecule has 20 heavy (non-hydrogen) atoms. The van der Waals surface area contributed by atoms with Crippen molar-refractivity contribution >= 4 is 17.7 Å². The van der Waals surface area contributed by atoms with Crippen LogP contribution < -0.4 is 0 Å². The van der Waals surface area contributed by atoms with Crippen molar-refractivity contribution in [3.63, 3.8) is 0 Å². The van der Waals surface area contributed by atoms with Crippen molar-refractivity contribution in [1.82, 2.24) is 0 Å². The van der Waals surface area contributed by atoms with Gasteiger partial charge in [-0.25, -0.2) is 4.79 Å². The number of hydrogen-bond donors (Lipinski definition) is 1. The van der Waals surface area contributed by atoms with Crippen molar-refractivity contribution in [2.75, 3.05) is 0 Å². The van der Waals surface area contributed by atoms with E-state index < -0.39 is 5.97 Å². The van der Waals surface area contributed by atoms with Gasteiger partial charge >= 0.3 is 5.97 Å². The zero-order chi connectivity index (χ0) is 14.1. The molecule has 0 saturated carbocycles. The van der Waals surface area contributed by atoms with Gasteiger partial charge in [0.1, 0.15) is 0 Å². The summed E-state index contributed by atoms with van der Waals surface area (Å²) < 4.78 is 0. The van der Waals surface area contributed by atoms with E-state index in [1.807, 2.05) is 13.0 Å². The molecule has 102 valence electrons. The van der Waals surface area contributed by atoms with Gasteiger partial charge in [-0.1, -0.05) is 30.0 Å². The molecule has 0 aromatic heterocycles. The lowest BCUT2D eigenvalue weighted by Crippen LogP contribution is -2.00. The maximum Gasteiger partial charge on any atom is 0.336 e. The number of carboxylic acids is 1. The maximum absolute atomic E-state index is 11.3. The van der Waals surface area contributed by atoms with Crippen molar-refractivity contribution < 1.29 is 9.90 Å². The van der Waals surface area contributed by atoms with Crippen LogP contribution >= 0.6 is 11.8 Å². The fourth-order valence-corrected chi connectivity index (χ4v) is 3.75. The topological polar surface area (TPSA) is 37.3 Å². The standard InChI is InChI=1S/C17H16O2S/c1-11-4-2-7-15(17(18)19)16(11)20-14-9-8-12-5-3-6-13(12)10-14/h2,4,7-10H,3,5-6H2,1H3,(H,18,19). The first-order chi connectivity index (χ1) is 9.65. The van der Waals surface area contributed by atoms with Gasteiger partial charge in [0.15, 0.2) is 0 Å². The Bertz CT molecular complexity index is 677. The van der Waals surface area contributed by atoms with Crippen LogP contribution in [0.25, 0.3) is 0 Å². The van der Waals surface area contributed by atoms with E-state index in [-0.39, 0.29) is 0 Å². The maximum atomic E-state index is 11.3. The summed E-state index contributed by atoms with van der Waals surface area (Å²) in [5.41, 5.74) is 4.25. The zero-order valence-electron chi connectivity index (χ0n) is 11.3. The van der Waals surface area contributed by atoms with E-state index in [9.17, 15) is 9.90 Å². The Hall–Kier alpha value is -1.74. The van der Waals surface area contributed by atoms with Crippen LogP contribution in [0.2, 0.25) is 0 Å². The highest BCUT2D eigenvalue weighted by Crippen LogP contribution is 2.35. The molecule has 0 bridgehead atoms. The minimum Gasteiger partial charge on any atom is -0.478 e. The van der Waals surface area contributed by atoms with Crippen LogP contribution in [0.15, 0.2) is 46.2 Å². The molecule has 1 aliphatic rings. The Morgan fingerprint density at radius 1 is 1.15 bits per heavy atom. The van der Waals surface area contributed by atoms with Crippen LogP contribution in [-0.4, -0.2) is 11.1 Å². The monoisotopic (exact) mass is 284 g/mol. The number of rotatable bonds is 3. The quantitative estimate of drug-likeness (QED) is 0.911. The van der Waals surface area contributed by atoms with Gasteiger partial charge in [-0.3, -0.25) is 0 Å². The minimum atomic E-state index is -0.864. The molecule has 0 saturated heterocycles. The summed E-state index contributed by atoms with van der Waals surface area (Å²) in [7, 11) is 0. The molecule has 0 atom stereocenters. The summed E-state index contributed by atoms with van der Waals surface area (Å²) in [6.07, 6.45) is 3.54. The van der Waals surface area contributed by atoms with Gasteiger partial charge in [0, 0.05) is 9.79 Å². The number of carboxylic acid groups (broad SMARTS) is 1.